The summed E-state index contributed by atoms with van der Waals surface area (Å²) in [6.45, 7) is 2.69. The van der Waals surface area contributed by atoms with E-state index < -0.39 is 27.6 Å². The van der Waals surface area contributed by atoms with E-state index in [9.17, 15) is 26.1 Å². The Morgan fingerprint density at radius 1 is 1.12 bits per heavy atom. The Morgan fingerprint density at radius 2 is 1.88 bits per heavy atom. The Hall–Kier alpha value is -3.92. The highest BCUT2D eigenvalue weighted by Gasteiger charge is 2.33. The van der Waals surface area contributed by atoms with Crippen molar-refractivity contribution in [3.05, 3.63) is 82.9 Å². The van der Waals surface area contributed by atoms with Gasteiger partial charge in [0.05, 0.1) is 40.6 Å². The van der Waals surface area contributed by atoms with E-state index >= 15 is 0 Å². The molecule has 0 saturated heterocycles. The van der Waals surface area contributed by atoms with Crippen LogP contribution in [0.15, 0.2) is 66.5 Å². The lowest BCUT2D eigenvalue weighted by molar-refractivity contribution is -0.647. The van der Waals surface area contributed by atoms with Crippen LogP contribution in [-0.4, -0.2) is 29.8 Å². The number of aromatic nitrogens is 2. The first kappa shape index (κ1) is 30.0. The largest absolute Gasteiger partial charge is 0.748 e. The van der Waals surface area contributed by atoms with Gasteiger partial charge in [0, 0.05) is 41.6 Å². The normalized spacial score (nSPS) is 15.0. The number of nitrogens with zero attached hydrogens (tertiary/aromatic N) is 4. The number of halogens is 4. The Labute approximate surface area is 241 Å². The predicted molar refractivity (Wildman–Crippen MR) is 152 cm³/mol. The van der Waals surface area contributed by atoms with E-state index in [1.54, 1.807) is 57.5 Å². The molecule has 216 valence electrons. The first-order valence-corrected chi connectivity index (χ1v) is 14.5. The second-order valence-corrected chi connectivity index (χ2v) is 11.1. The van der Waals surface area contributed by atoms with E-state index in [1.807, 2.05) is 24.0 Å². The average Bonchev–Trinajstić information content (AvgIpc) is 3.33. The van der Waals surface area contributed by atoms with Crippen molar-refractivity contribution < 1.29 is 30.7 Å². The number of imidazole rings is 1. The molecule has 2 N–H and O–H groups in total. The molecule has 0 atom stereocenters. The third-order valence-electron chi connectivity index (χ3n) is 6.53. The lowest BCUT2D eigenvalue weighted by atomic mass is 10.2. The molecule has 1 aliphatic rings. The Bertz CT molecular complexity index is 1730. The summed E-state index contributed by atoms with van der Waals surface area (Å²) in [6.07, 6.45) is 4.19. The van der Waals surface area contributed by atoms with Crippen LogP contribution in [-0.2, 0) is 29.9 Å². The molecule has 2 aromatic carbocycles. The molecule has 3 aromatic rings. The Morgan fingerprint density at radius 3 is 2.54 bits per heavy atom. The molecular formula is C28H27ClF3N5O3S. The zero-order chi connectivity index (χ0) is 29.9. The molecule has 0 bridgehead atoms. The van der Waals surface area contributed by atoms with Gasteiger partial charge in [-0.15, -0.1) is 0 Å². The van der Waals surface area contributed by atoms with Crippen molar-refractivity contribution in [2.75, 3.05) is 22.1 Å². The number of hydrogen-bond donors (Lipinski definition) is 1. The predicted octanol–water partition coefficient (Wildman–Crippen LogP) is 4.71. The van der Waals surface area contributed by atoms with Gasteiger partial charge in [-0.3, -0.25) is 4.90 Å². The van der Waals surface area contributed by atoms with Crippen molar-refractivity contribution in [1.82, 2.24) is 4.57 Å². The fourth-order valence-corrected chi connectivity index (χ4v) is 5.41. The van der Waals surface area contributed by atoms with Crippen LogP contribution in [0.2, 0.25) is 5.02 Å². The summed E-state index contributed by atoms with van der Waals surface area (Å²) in [5, 5.41) is 0.557. The van der Waals surface area contributed by atoms with Crippen LogP contribution < -0.4 is 20.1 Å². The number of benzene rings is 2. The Kier molecular flexibility index (Phi) is 8.72. The quantitative estimate of drug-likeness (QED) is 0.131. The molecule has 2 heterocycles. The fourth-order valence-electron chi connectivity index (χ4n) is 4.76. The van der Waals surface area contributed by atoms with Crippen LogP contribution in [0.5, 0.6) is 0 Å². The van der Waals surface area contributed by atoms with Gasteiger partial charge in [-0.1, -0.05) is 29.8 Å². The number of fused-ring (bicyclic) bond motifs is 2. The lowest BCUT2D eigenvalue weighted by Crippen LogP contribution is -2.31. The van der Waals surface area contributed by atoms with E-state index in [0.717, 1.165) is 29.3 Å². The number of hydrogen-bond acceptors (Lipinski definition) is 6. The van der Waals surface area contributed by atoms with Crippen LogP contribution >= 0.6 is 11.6 Å². The van der Waals surface area contributed by atoms with Gasteiger partial charge in [-0.2, -0.15) is 13.2 Å². The minimum absolute atomic E-state index is 0.0343. The molecule has 0 spiro atoms. The summed E-state index contributed by atoms with van der Waals surface area (Å²) >= 11 is 6.20. The van der Waals surface area contributed by atoms with Gasteiger partial charge < -0.3 is 15.2 Å². The number of aryl methyl sites for hydroxylation is 2. The molecule has 0 aliphatic carbocycles. The zero-order valence-corrected chi connectivity index (χ0v) is 23.8. The molecule has 4 rings (SSSR count). The number of rotatable bonds is 8. The van der Waals surface area contributed by atoms with Gasteiger partial charge in [0.1, 0.15) is 5.82 Å². The average molecular weight is 606 g/mol. The molecule has 41 heavy (non-hydrogen) atoms. The fraction of sp³-hybridized carbons (Fsp3) is 0.250. The highest BCUT2D eigenvalue weighted by Crippen LogP contribution is 2.42. The second-order valence-electron chi connectivity index (χ2n) is 9.12. The van der Waals surface area contributed by atoms with Gasteiger partial charge in [0.2, 0.25) is 0 Å². The van der Waals surface area contributed by atoms with Crippen LogP contribution in [0.25, 0.3) is 17.1 Å². The second kappa shape index (κ2) is 11.9. The number of nitrogens with two attached hydrogens (primary N) is 1. The summed E-state index contributed by atoms with van der Waals surface area (Å²) in [6, 6.07) is 14.2. The van der Waals surface area contributed by atoms with Crippen LogP contribution in [0.3, 0.4) is 0 Å². The first-order chi connectivity index (χ1) is 19.4. The topological polar surface area (TPSA) is 98.5 Å². The van der Waals surface area contributed by atoms with Gasteiger partial charge in [0.25, 0.3) is 5.82 Å². The lowest BCUT2D eigenvalue weighted by Gasteiger charge is -2.19. The maximum atomic E-state index is 13.4. The third kappa shape index (κ3) is 6.53. The smallest absolute Gasteiger partial charge is 0.416 e. The van der Waals surface area contributed by atoms with Gasteiger partial charge in [-0.05, 0) is 49.8 Å². The highest BCUT2D eigenvalue weighted by molar-refractivity contribution is 7.85. The molecule has 0 amide bonds. The monoisotopic (exact) mass is 605 g/mol. The summed E-state index contributed by atoms with van der Waals surface area (Å²) in [5.74, 6) is 0.648. The number of allylic oxidation sites excluding steroid dienone is 4. The van der Waals surface area contributed by atoms with E-state index in [4.69, 9.17) is 17.3 Å². The van der Waals surface area contributed by atoms with Crippen molar-refractivity contribution >= 4 is 50.2 Å². The van der Waals surface area contributed by atoms with E-state index in [-0.39, 0.29) is 18.5 Å². The summed E-state index contributed by atoms with van der Waals surface area (Å²) < 4.78 is 77.0. The van der Waals surface area contributed by atoms with E-state index in [2.05, 4.69) is 12.1 Å². The van der Waals surface area contributed by atoms with Crippen molar-refractivity contribution in [1.29, 1.82) is 0 Å². The first-order valence-electron chi connectivity index (χ1n) is 12.5. The van der Waals surface area contributed by atoms with Crippen molar-refractivity contribution in [3.63, 3.8) is 0 Å². The molecule has 13 heteroatoms. The molecular weight excluding hydrogens is 579 g/mol. The van der Waals surface area contributed by atoms with Gasteiger partial charge >= 0.3 is 6.18 Å². The number of alkyl halides is 3. The maximum absolute atomic E-state index is 13.4. The van der Waals surface area contributed by atoms with Crippen LogP contribution in [0.4, 0.5) is 24.5 Å². The molecule has 1 aromatic heterocycles. The highest BCUT2D eigenvalue weighted by atomic mass is 35.5. The zero-order valence-electron chi connectivity index (χ0n) is 22.2. The summed E-state index contributed by atoms with van der Waals surface area (Å²) in [5.41, 5.74) is 7.20. The van der Waals surface area contributed by atoms with E-state index in [1.165, 1.54) is 6.07 Å². The molecule has 0 saturated carbocycles. The maximum Gasteiger partial charge on any atom is 0.416 e. The summed E-state index contributed by atoms with van der Waals surface area (Å²) in [4.78, 5) is 3.78. The van der Waals surface area contributed by atoms with Crippen molar-refractivity contribution in [3.8, 4) is 12.1 Å². The third-order valence-corrected chi connectivity index (χ3v) is 7.56. The minimum Gasteiger partial charge on any atom is -0.748 e. The van der Waals surface area contributed by atoms with Gasteiger partial charge in [0.15, 0.2) is 11.0 Å². The van der Waals surface area contributed by atoms with Crippen molar-refractivity contribution in [2.24, 2.45) is 12.8 Å². The van der Waals surface area contributed by atoms with Crippen molar-refractivity contribution in [2.45, 2.75) is 26.1 Å². The van der Waals surface area contributed by atoms with Crippen LogP contribution in [0.1, 0.15) is 24.7 Å². The molecule has 8 nitrogen and oxygen atoms in total. The van der Waals surface area contributed by atoms with Crippen LogP contribution in [0, 0.1) is 12.1 Å². The Balaban J connectivity index is 1.68. The standard InChI is InChI=1S/C28H27ClF3N5O3S/c1-3-35-23-13-11-21(29)19-25(23)37(16-14-33)27(35)9-6-4-5-8-26-34(2)22-12-10-20(28(30,31)32)18-24(22)36(26)15-7-17-41(38,39)40/h4-6,8-13,18-19H,3,7,15,17,33H2,1-2H3. The number of anilines is 2. The minimum atomic E-state index is -4.55. The molecule has 0 fully saturated rings. The van der Waals surface area contributed by atoms with E-state index in [0.29, 0.717) is 22.9 Å². The molecule has 1 aliphatic heterocycles. The summed E-state index contributed by atoms with van der Waals surface area (Å²) in [7, 11) is -2.77. The molecule has 0 radical (unpaired) electrons. The molecule has 0 unspecified atom stereocenters. The van der Waals surface area contributed by atoms with Gasteiger partial charge in [-0.25, -0.2) is 17.6 Å². The SMILES string of the molecule is CCN1\C(=C/C=C/C=C/c2n(CCCS(=O)(=O)[O-])c3cc(C(F)(F)F)ccc3[n+]2C)N(C#CN)c2cc(Cl)ccc21.